The number of carboxylic acid groups (broad SMARTS) is 2. The molecule has 0 fully saturated rings. The minimum atomic E-state index is -3.67. The summed E-state index contributed by atoms with van der Waals surface area (Å²) in [5, 5.41) is 19.1. The molecule has 0 saturated heterocycles. The third-order valence-corrected chi connectivity index (χ3v) is 2.37. The highest BCUT2D eigenvalue weighted by molar-refractivity contribution is 7.85. The van der Waals surface area contributed by atoms with Crippen LogP contribution in [0.2, 0.25) is 0 Å². The summed E-state index contributed by atoms with van der Waals surface area (Å²) < 4.78 is 25.9. The first-order valence-electron chi connectivity index (χ1n) is 5.52. The monoisotopic (exact) mass is 312 g/mol. The third kappa shape index (κ3) is 4.86. The molecule has 0 bridgehead atoms. The molecule has 0 aliphatic heterocycles. The second-order valence-corrected chi connectivity index (χ2v) is 5.52. The summed E-state index contributed by atoms with van der Waals surface area (Å²) in [4.78, 5) is 22.0. The molecule has 0 unspecified atom stereocenters. The van der Waals surface area contributed by atoms with Gasteiger partial charge in [0, 0.05) is 0 Å². The Morgan fingerprint density at radius 1 is 0.952 bits per heavy atom. The van der Waals surface area contributed by atoms with Crippen LogP contribution in [0.4, 0.5) is 0 Å². The normalized spacial score (nSPS) is 10.6. The van der Waals surface area contributed by atoms with E-state index in [1.165, 1.54) is 6.07 Å². The Balaban J connectivity index is 0.000000383. The van der Waals surface area contributed by atoms with Crippen LogP contribution in [0, 0.1) is 0 Å². The maximum absolute atomic E-state index is 11.1. The molecule has 0 radical (unpaired) electrons. The van der Waals surface area contributed by atoms with Crippen molar-refractivity contribution in [3.05, 3.63) is 47.5 Å². The molecular weight excluding hydrogens is 300 g/mol. The SMILES string of the molecule is CS(=O)(=O)O.O=C(O)c1ccc2ccccc2c1C(=O)O. The molecule has 7 nitrogen and oxygen atoms in total. The van der Waals surface area contributed by atoms with Gasteiger partial charge in [-0.2, -0.15) is 8.42 Å². The number of benzene rings is 2. The molecule has 0 saturated carbocycles. The summed E-state index contributed by atoms with van der Waals surface area (Å²) >= 11 is 0. The number of rotatable bonds is 2. The Kier molecular flexibility index (Phi) is 5.01. The number of hydrogen-bond donors (Lipinski definition) is 3. The first-order valence-corrected chi connectivity index (χ1v) is 7.37. The van der Waals surface area contributed by atoms with E-state index < -0.39 is 22.1 Å². The van der Waals surface area contributed by atoms with Gasteiger partial charge in [0.1, 0.15) is 0 Å². The molecule has 0 heterocycles. The van der Waals surface area contributed by atoms with E-state index in [1.54, 1.807) is 30.3 Å². The minimum absolute atomic E-state index is 0.161. The average Bonchev–Trinajstić information content (AvgIpc) is 2.34. The molecule has 2 aromatic carbocycles. The molecule has 8 heteroatoms. The largest absolute Gasteiger partial charge is 0.478 e. The van der Waals surface area contributed by atoms with Crippen molar-refractivity contribution < 1.29 is 32.8 Å². The molecule has 0 aliphatic rings. The van der Waals surface area contributed by atoms with E-state index in [2.05, 4.69) is 0 Å². The van der Waals surface area contributed by atoms with Gasteiger partial charge in [-0.1, -0.05) is 30.3 Å². The zero-order valence-corrected chi connectivity index (χ0v) is 11.7. The van der Waals surface area contributed by atoms with Crippen molar-refractivity contribution >= 4 is 32.8 Å². The summed E-state index contributed by atoms with van der Waals surface area (Å²) in [7, 11) is -3.67. The lowest BCUT2D eigenvalue weighted by atomic mass is 9.99. The molecule has 2 rings (SSSR count). The second kappa shape index (κ2) is 6.33. The highest BCUT2D eigenvalue weighted by atomic mass is 32.2. The fourth-order valence-electron chi connectivity index (χ4n) is 1.68. The zero-order chi connectivity index (χ0) is 16.2. The molecule has 0 amide bonds. The molecule has 0 aromatic heterocycles. The van der Waals surface area contributed by atoms with Crippen molar-refractivity contribution in [2.24, 2.45) is 0 Å². The number of aromatic carboxylic acids is 2. The van der Waals surface area contributed by atoms with Crippen molar-refractivity contribution in [1.82, 2.24) is 0 Å². The van der Waals surface area contributed by atoms with Crippen LogP contribution in [-0.2, 0) is 10.1 Å². The molecule has 0 aliphatic carbocycles. The van der Waals surface area contributed by atoms with Crippen molar-refractivity contribution in [2.75, 3.05) is 6.26 Å². The van der Waals surface area contributed by atoms with E-state index in [-0.39, 0.29) is 11.1 Å². The predicted octanol–water partition coefficient (Wildman–Crippen LogP) is 1.74. The van der Waals surface area contributed by atoms with E-state index >= 15 is 0 Å². The Labute approximate surface area is 120 Å². The summed E-state index contributed by atoms with van der Waals surface area (Å²) in [5.74, 6) is -2.46. The third-order valence-electron chi connectivity index (χ3n) is 2.37. The first kappa shape index (κ1) is 16.6. The van der Waals surface area contributed by atoms with Crippen molar-refractivity contribution in [3.8, 4) is 0 Å². The number of hydrogen-bond acceptors (Lipinski definition) is 4. The van der Waals surface area contributed by atoms with Crippen LogP contribution in [0.5, 0.6) is 0 Å². The van der Waals surface area contributed by atoms with Gasteiger partial charge < -0.3 is 10.2 Å². The van der Waals surface area contributed by atoms with Gasteiger partial charge >= 0.3 is 11.9 Å². The van der Waals surface area contributed by atoms with Gasteiger partial charge in [-0.3, -0.25) is 4.55 Å². The fraction of sp³-hybridized carbons (Fsp3) is 0.0769. The second-order valence-electron chi connectivity index (χ2n) is 4.05. The fourth-order valence-corrected chi connectivity index (χ4v) is 1.68. The number of fused-ring (bicyclic) bond motifs is 1. The Morgan fingerprint density at radius 3 is 1.95 bits per heavy atom. The average molecular weight is 312 g/mol. The lowest BCUT2D eigenvalue weighted by Crippen LogP contribution is -2.08. The lowest BCUT2D eigenvalue weighted by molar-refractivity contribution is 0.0653. The van der Waals surface area contributed by atoms with Crippen LogP contribution >= 0.6 is 0 Å². The van der Waals surface area contributed by atoms with Crippen molar-refractivity contribution in [3.63, 3.8) is 0 Å². The molecule has 0 atom stereocenters. The molecular formula is C13H12O7S. The van der Waals surface area contributed by atoms with E-state index in [9.17, 15) is 18.0 Å². The van der Waals surface area contributed by atoms with Gasteiger partial charge in [0.2, 0.25) is 0 Å². The van der Waals surface area contributed by atoms with Gasteiger partial charge in [0.15, 0.2) is 0 Å². The van der Waals surface area contributed by atoms with Crippen LogP contribution in [-0.4, -0.2) is 41.4 Å². The quantitative estimate of drug-likeness (QED) is 0.720. The van der Waals surface area contributed by atoms with Gasteiger partial charge in [0.05, 0.1) is 17.4 Å². The predicted molar refractivity (Wildman–Crippen MR) is 75.3 cm³/mol. The highest BCUT2D eigenvalue weighted by Gasteiger charge is 2.18. The molecule has 21 heavy (non-hydrogen) atoms. The van der Waals surface area contributed by atoms with Crippen LogP contribution in [0.3, 0.4) is 0 Å². The Bertz CT molecular complexity index is 785. The standard InChI is InChI=1S/C12H8O4.CH4O3S/c13-11(14)9-6-5-7-3-1-2-4-8(7)10(9)12(15)16;1-5(2,3)4/h1-6H,(H,13,14)(H,15,16);1H3,(H,2,3,4). The maximum Gasteiger partial charge on any atom is 0.337 e. The number of carboxylic acids is 2. The van der Waals surface area contributed by atoms with Crippen molar-refractivity contribution in [2.45, 2.75) is 0 Å². The van der Waals surface area contributed by atoms with Gasteiger partial charge in [0.25, 0.3) is 10.1 Å². The van der Waals surface area contributed by atoms with Crippen LogP contribution in [0.15, 0.2) is 36.4 Å². The molecule has 2 aromatic rings. The first-order chi connectivity index (χ1) is 9.61. The Hall–Kier alpha value is -2.45. The van der Waals surface area contributed by atoms with E-state index in [4.69, 9.17) is 14.8 Å². The van der Waals surface area contributed by atoms with Crippen LogP contribution in [0.1, 0.15) is 20.7 Å². The van der Waals surface area contributed by atoms with E-state index in [0.717, 1.165) is 0 Å². The highest BCUT2D eigenvalue weighted by Crippen LogP contribution is 2.22. The lowest BCUT2D eigenvalue weighted by Gasteiger charge is -2.05. The molecule has 3 N–H and O–H groups in total. The summed E-state index contributed by atoms with van der Waals surface area (Å²) in [6, 6.07) is 9.72. The van der Waals surface area contributed by atoms with E-state index in [0.29, 0.717) is 17.0 Å². The number of carbonyl (C=O) groups is 2. The van der Waals surface area contributed by atoms with Gasteiger partial charge in [-0.25, -0.2) is 9.59 Å². The minimum Gasteiger partial charge on any atom is -0.478 e. The molecule has 112 valence electrons. The topological polar surface area (TPSA) is 129 Å². The van der Waals surface area contributed by atoms with E-state index in [1.807, 2.05) is 0 Å². The molecule has 0 spiro atoms. The smallest absolute Gasteiger partial charge is 0.337 e. The van der Waals surface area contributed by atoms with Gasteiger partial charge in [-0.05, 0) is 16.8 Å². The Morgan fingerprint density at radius 2 is 1.48 bits per heavy atom. The summed E-state index contributed by atoms with van der Waals surface area (Å²) in [6.45, 7) is 0. The maximum atomic E-state index is 11.1. The summed E-state index contributed by atoms with van der Waals surface area (Å²) in [6.07, 6.45) is 0.715. The zero-order valence-electron chi connectivity index (χ0n) is 10.8. The van der Waals surface area contributed by atoms with Crippen LogP contribution < -0.4 is 0 Å². The van der Waals surface area contributed by atoms with Crippen molar-refractivity contribution in [1.29, 1.82) is 0 Å². The van der Waals surface area contributed by atoms with Gasteiger partial charge in [-0.15, -0.1) is 0 Å². The van der Waals surface area contributed by atoms with Crippen LogP contribution in [0.25, 0.3) is 10.8 Å². The summed E-state index contributed by atoms with van der Waals surface area (Å²) in [5.41, 5.74) is -0.350.